The second-order valence-electron chi connectivity index (χ2n) is 5.20. The summed E-state index contributed by atoms with van der Waals surface area (Å²) in [5.74, 6) is 0.570. The fourth-order valence-corrected chi connectivity index (χ4v) is 3.32. The molecule has 0 aliphatic carbocycles. The van der Waals surface area contributed by atoms with E-state index < -0.39 is 0 Å². The number of carbonyl (C=O) groups is 1. The standard InChI is InChI=1S/C16H22N2OS/c1-4-11(3)10-18(5-2)16(19)15-14(17)12-8-6-7-9-13(12)20-15/h6-9,11H,4-5,10,17H2,1-3H3. The Labute approximate surface area is 124 Å². The maximum Gasteiger partial charge on any atom is 0.266 e. The molecule has 2 aromatic rings. The summed E-state index contributed by atoms with van der Waals surface area (Å²) in [4.78, 5) is 15.2. The summed E-state index contributed by atoms with van der Waals surface area (Å²) in [6.07, 6.45) is 1.08. The molecular weight excluding hydrogens is 268 g/mol. The number of thiophene rings is 1. The minimum atomic E-state index is 0.0616. The molecule has 1 unspecified atom stereocenters. The summed E-state index contributed by atoms with van der Waals surface area (Å²) >= 11 is 1.49. The Balaban J connectivity index is 2.32. The lowest BCUT2D eigenvalue weighted by Gasteiger charge is -2.23. The molecule has 0 fully saturated rings. The number of nitrogen functional groups attached to an aromatic ring is 1. The van der Waals surface area contributed by atoms with Crippen LogP contribution in [0.15, 0.2) is 24.3 Å². The summed E-state index contributed by atoms with van der Waals surface area (Å²) < 4.78 is 1.08. The van der Waals surface area contributed by atoms with Crippen molar-refractivity contribution < 1.29 is 4.79 Å². The minimum Gasteiger partial charge on any atom is -0.397 e. The van der Waals surface area contributed by atoms with Crippen LogP contribution in [0, 0.1) is 5.92 Å². The van der Waals surface area contributed by atoms with Crippen LogP contribution < -0.4 is 5.73 Å². The molecule has 108 valence electrons. The van der Waals surface area contributed by atoms with E-state index in [1.165, 1.54) is 11.3 Å². The van der Waals surface area contributed by atoms with Gasteiger partial charge in [-0.15, -0.1) is 11.3 Å². The summed E-state index contributed by atoms with van der Waals surface area (Å²) in [5.41, 5.74) is 6.78. The Kier molecular flexibility index (Phi) is 4.65. The first-order valence-electron chi connectivity index (χ1n) is 7.14. The summed E-state index contributed by atoms with van der Waals surface area (Å²) in [6.45, 7) is 7.85. The normalized spacial score (nSPS) is 12.6. The van der Waals surface area contributed by atoms with Gasteiger partial charge in [-0.3, -0.25) is 4.79 Å². The average molecular weight is 290 g/mol. The van der Waals surface area contributed by atoms with Crippen LogP contribution in [0.25, 0.3) is 10.1 Å². The van der Waals surface area contributed by atoms with Crippen molar-refractivity contribution in [1.82, 2.24) is 4.90 Å². The number of nitrogens with zero attached hydrogens (tertiary/aromatic N) is 1. The maximum absolute atomic E-state index is 12.7. The molecule has 0 aliphatic rings. The SMILES string of the molecule is CCC(C)CN(CC)C(=O)c1sc2ccccc2c1N. The predicted molar refractivity (Wildman–Crippen MR) is 87.3 cm³/mol. The smallest absolute Gasteiger partial charge is 0.266 e. The van der Waals surface area contributed by atoms with Crippen molar-refractivity contribution in [2.24, 2.45) is 5.92 Å². The summed E-state index contributed by atoms with van der Waals surface area (Å²) in [5, 5.41) is 0.987. The van der Waals surface area contributed by atoms with E-state index in [-0.39, 0.29) is 5.91 Å². The molecule has 0 saturated carbocycles. The number of hydrogen-bond donors (Lipinski definition) is 1. The van der Waals surface area contributed by atoms with Gasteiger partial charge in [-0.2, -0.15) is 0 Å². The third-order valence-electron chi connectivity index (χ3n) is 3.73. The zero-order chi connectivity index (χ0) is 14.7. The molecule has 1 amide bonds. The predicted octanol–water partition coefficient (Wildman–Crippen LogP) is 3.99. The van der Waals surface area contributed by atoms with Gasteiger partial charge in [0, 0.05) is 23.2 Å². The number of amides is 1. The second kappa shape index (κ2) is 6.27. The van der Waals surface area contributed by atoms with Crippen molar-refractivity contribution in [3.05, 3.63) is 29.1 Å². The largest absolute Gasteiger partial charge is 0.397 e. The molecule has 0 spiro atoms. The Morgan fingerprint density at radius 2 is 2.05 bits per heavy atom. The van der Waals surface area contributed by atoms with Crippen molar-refractivity contribution >= 4 is 33.0 Å². The number of rotatable bonds is 5. The molecule has 4 heteroatoms. The minimum absolute atomic E-state index is 0.0616. The number of carbonyl (C=O) groups excluding carboxylic acids is 1. The van der Waals surface area contributed by atoms with Gasteiger partial charge in [-0.05, 0) is 18.9 Å². The van der Waals surface area contributed by atoms with Crippen LogP contribution in [0.1, 0.15) is 36.9 Å². The van der Waals surface area contributed by atoms with Crippen molar-refractivity contribution in [1.29, 1.82) is 0 Å². The van der Waals surface area contributed by atoms with Gasteiger partial charge in [0.2, 0.25) is 0 Å². The first kappa shape index (κ1) is 14.9. The van der Waals surface area contributed by atoms with Crippen LogP contribution in [-0.2, 0) is 0 Å². The molecule has 0 saturated heterocycles. The first-order chi connectivity index (χ1) is 9.58. The van der Waals surface area contributed by atoms with Crippen molar-refractivity contribution in [2.45, 2.75) is 27.2 Å². The third-order valence-corrected chi connectivity index (χ3v) is 4.90. The molecule has 1 atom stereocenters. The molecular formula is C16H22N2OS. The van der Waals surface area contributed by atoms with E-state index in [9.17, 15) is 4.79 Å². The third kappa shape index (κ3) is 2.80. The Hall–Kier alpha value is -1.55. The summed E-state index contributed by atoms with van der Waals surface area (Å²) in [6, 6.07) is 7.92. The van der Waals surface area contributed by atoms with E-state index in [4.69, 9.17) is 5.73 Å². The van der Waals surface area contributed by atoms with Gasteiger partial charge in [0.15, 0.2) is 0 Å². The molecule has 1 aromatic carbocycles. The fraction of sp³-hybridized carbons (Fsp3) is 0.438. The molecule has 1 heterocycles. The van der Waals surface area contributed by atoms with Gasteiger partial charge in [0.05, 0.1) is 5.69 Å². The topological polar surface area (TPSA) is 46.3 Å². The van der Waals surface area contributed by atoms with E-state index in [1.54, 1.807) is 0 Å². The van der Waals surface area contributed by atoms with Crippen molar-refractivity contribution in [3.63, 3.8) is 0 Å². The highest BCUT2D eigenvalue weighted by Crippen LogP contribution is 2.34. The van der Waals surface area contributed by atoms with Gasteiger partial charge in [-0.1, -0.05) is 38.5 Å². The molecule has 0 bridgehead atoms. The molecule has 2 N–H and O–H groups in total. The van der Waals surface area contributed by atoms with Crippen LogP contribution in [0.3, 0.4) is 0 Å². The zero-order valence-electron chi connectivity index (χ0n) is 12.3. The molecule has 20 heavy (non-hydrogen) atoms. The van der Waals surface area contributed by atoms with Crippen LogP contribution in [0.2, 0.25) is 0 Å². The van der Waals surface area contributed by atoms with Crippen LogP contribution in [-0.4, -0.2) is 23.9 Å². The maximum atomic E-state index is 12.7. The van der Waals surface area contributed by atoms with E-state index in [0.29, 0.717) is 16.5 Å². The Morgan fingerprint density at radius 1 is 1.35 bits per heavy atom. The van der Waals surface area contributed by atoms with Crippen LogP contribution >= 0.6 is 11.3 Å². The highest BCUT2D eigenvalue weighted by atomic mass is 32.1. The van der Waals surface area contributed by atoms with Crippen molar-refractivity contribution in [2.75, 3.05) is 18.8 Å². The lowest BCUT2D eigenvalue weighted by atomic mass is 10.1. The van der Waals surface area contributed by atoms with E-state index in [2.05, 4.69) is 13.8 Å². The van der Waals surface area contributed by atoms with E-state index >= 15 is 0 Å². The highest BCUT2D eigenvalue weighted by molar-refractivity contribution is 7.21. The van der Waals surface area contributed by atoms with Gasteiger partial charge in [0.25, 0.3) is 5.91 Å². The van der Waals surface area contributed by atoms with Crippen molar-refractivity contribution in [3.8, 4) is 0 Å². The Morgan fingerprint density at radius 3 is 2.65 bits per heavy atom. The molecule has 0 radical (unpaired) electrons. The number of fused-ring (bicyclic) bond motifs is 1. The monoisotopic (exact) mass is 290 g/mol. The first-order valence-corrected chi connectivity index (χ1v) is 7.96. The number of anilines is 1. The zero-order valence-corrected chi connectivity index (χ0v) is 13.2. The number of hydrogen-bond acceptors (Lipinski definition) is 3. The lowest BCUT2D eigenvalue weighted by Crippen LogP contribution is -2.34. The number of nitrogens with two attached hydrogens (primary N) is 1. The highest BCUT2D eigenvalue weighted by Gasteiger charge is 2.21. The molecule has 0 aliphatic heterocycles. The van der Waals surface area contributed by atoms with Gasteiger partial charge in [0.1, 0.15) is 4.88 Å². The quantitative estimate of drug-likeness (QED) is 0.905. The molecule has 2 rings (SSSR count). The fourth-order valence-electron chi connectivity index (χ4n) is 2.23. The van der Waals surface area contributed by atoms with Crippen LogP contribution in [0.5, 0.6) is 0 Å². The van der Waals surface area contributed by atoms with Gasteiger partial charge < -0.3 is 10.6 Å². The number of benzene rings is 1. The lowest BCUT2D eigenvalue weighted by molar-refractivity contribution is 0.0747. The van der Waals surface area contributed by atoms with Crippen LogP contribution in [0.4, 0.5) is 5.69 Å². The second-order valence-corrected chi connectivity index (χ2v) is 6.25. The van der Waals surface area contributed by atoms with E-state index in [0.717, 1.165) is 29.6 Å². The van der Waals surface area contributed by atoms with Gasteiger partial charge >= 0.3 is 0 Å². The average Bonchev–Trinajstić information content (AvgIpc) is 2.81. The van der Waals surface area contributed by atoms with E-state index in [1.807, 2.05) is 36.1 Å². The molecule has 1 aromatic heterocycles. The summed E-state index contributed by atoms with van der Waals surface area (Å²) in [7, 11) is 0. The Bertz CT molecular complexity index is 606. The van der Waals surface area contributed by atoms with Gasteiger partial charge in [-0.25, -0.2) is 0 Å². The molecule has 3 nitrogen and oxygen atoms in total.